The Morgan fingerprint density at radius 2 is 1.89 bits per heavy atom. The van der Waals surface area contributed by atoms with Crippen LogP contribution in [0.3, 0.4) is 0 Å². The first-order chi connectivity index (χ1) is 12.5. The van der Waals surface area contributed by atoms with Gasteiger partial charge in [-0.2, -0.15) is 0 Å². The van der Waals surface area contributed by atoms with Crippen molar-refractivity contribution in [3.05, 3.63) is 52.5 Å². The van der Waals surface area contributed by atoms with Gasteiger partial charge in [0.2, 0.25) is 0 Å². The normalized spacial score (nSPS) is 18.1. The molecule has 0 saturated carbocycles. The summed E-state index contributed by atoms with van der Waals surface area (Å²) in [6.07, 6.45) is -0.281. The highest BCUT2D eigenvalue weighted by Crippen LogP contribution is 2.48. The number of hydrogen-bond donors (Lipinski definition) is 1. The molecule has 3 rings (SSSR count). The summed E-state index contributed by atoms with van der Waals surface area (Å²) in [5, 5.41) is 0.638. The summed E-state index contributed by atoms with van der Waals surface area (Å²) in [4.78, 5) is 11.3. The molecular formula is C22H26ClNO3. The van der Waals surface area contributed by atoms with Crippen molar-refractivity contribution in [1.82, 2.24) is 0 Å². The smallest absolute Gasteiger partial charge is 0.405 e. The summed E-state index contributed by atoms with van der Waals surface area (Å²) in [7, 11) is 0. The summed E-state index contributed by atoms with van der Waals surface area (Å²) in [6, 6.07) is 11.9. The maximum Gasteiger partial charge on any atom is 0.405 e. The number of benzene rings is 2. The van der Waals surface area contributed by atoms with E-state index in [4.69, 9.17) is 26.8 Å². The highest BCUT2D eigenvalue weighted by Gasteiger charge is 2.41. The Morgan fingerprint density at radius 3 is 2.48 bits per heavy atom. The van der Waals surface area contributed by atoms with Crippen molar-refractivity contribution in [2.75, 3.05) is 0 Å². The van der Waals surface area contributed by atoms with Crippen LogP contribution in [0.5, 0.6) is 5.75 Å². The van der Waals surface area contributed by atoms with Crippen molar-refractivity contribution in [2.24, 2.45) is 11.1 Å². The van der Waals surface area contributed by atoms with Gasteiger partial charge in [0.05, 0.1) is 5.02 Å². The van der Waals surface area contributed by atoms with E-state index in [0.717, 1.165) is 34.4 Å². The minimum atomic E-state index is -0.748. The molecule has 27 heavy (non-hydrogen) atoms. The third-order valence-electron chi connectivity index (χ3n) is 4.69. The number of nitrogens with two attached hydrogens (primary N) is 1. The Balaban J connectivity index is 1.94. The highest BCUT2D eigenvalue weighted by atomic mass is 35.5. The van der Waals surface area contributed by atoms with Crippen molar-refractivity contribution in [2.45, 2.75) is 52.7 Å². The Bertz CT molecular complexity index is 884. The third-order valence-corrected chi connectivity index (χ3v) is 5.00. The van der Waals surface area contributed by atoms with Crippen molar-refractivity contribution in [3.63, 3.8) is 0 Å². The molecule has 1 aliphatic carbocycles. The van der Waals surface area contributed by atoms with Gasteiger partial charge in [0.1, 0.15) is 17.5 Å². The molecule has 2 N–H and O–H groups in total. The Kier molecular flexibility index (Phi) is 4.89. The van der Waals surface area contributed by atoms with Crippen molar-refractivity contribution >= 4 is 17.7 Å². The largest absolute Gasteiger partial charge is 0.488 e. The molecule has 4 nitrogen and oxygen atoms in total. The van der Waals surface area contributed by atoms with Gasteiger partial charge in [0, 0.05) is 11.0 Å². The topological polar surface area (TPSA) is 61.6 Å². The number of carbonyl (C=O) groups excluding carboxylic acids is 1. The van der Waals surface area contributed by atoms with Gasteiger partial charge >= 0.3 is 6.09 Å². The fourth-order valence-corrected chi connectivity index (χ4v) is 3.95. The van der Waals surface area contributed by atoms with Crippen molar-refractivity contribution in [3.8, 4) is 16.9 Å². The van der Waals surface area contributed by atoms with Crippen LogP contribution < -0.4 is 10.5 Å². The molecule has 144 valence electrons. The van der Waals surface area contributed by atoms with Crippen LogP contribution >= 0.6 is 11.6 Å². The number of fused-ring (bicyclic) bond motifs is 1. The monoisotopic (exact) mass is 387 g/mol. The van der Waals surface area contributed by atoms with Gasteiger partial charge in [-0.15, -0.1) is 0 Å². The van der Waals surface area contributed by atoms with Crippen LogP contribution in [0.25, 0.3) is 11.1 Å². The van der Waals surface area contributed by atoms with Crippen LogP contribution in [-0.4, -0.2) is 11.7 Å². The second-order valence-electron chi connectivity index (χ2n) is 8.75. The number of primary amides is 1. The number of halogens is 1. The molecule has 0 aliphatic heterocycles. The Labute approximate surface area is 165 Å². The highest BCUT2D eigenvalue weighted by molar-refractivity contribution is 6.33. The molecule has 1 atom stereocenters. The van der Waals surface area contributed by atoms with E-state index >= 15 is 0 Å². The standard InChI is InChI=1S/C22H26ClNO3/c1-21(2,3)27-15-7-9-16(18(23)11-15)13-6-8-17-14(10-13)12-22(4,5)19(17)26-20(24)25/h6-11,19H,12H2,1-5H3,(H2,24,25)/t19-/m0/s1. The molecule has 0 radical (unpaired) electrons. The van der Waals surface area contributed by atoms with E-state index in [1.165, 1.54) is 0 Å². The molecule has 1 aliphatic rings. The van der Waals surface area contributed by atoms with Crippen LogP contribution in [0.4, 0.5) is 4.79 Å². The molecular weight excluding hydrogens is 362 g/mol. The molecule has 0 heterocycles. The molecule has 5 heteroatoms. The summed E-state index contributed by atoms with van der Waals surface area (Å²) < 4.78 is 11.3. The van der Waals surface area contributed by atoms with E-state index in [2.05, 4.69) is 19.9 Å². The molecule has 0 unspecified atom stereocenters. The van der Waals surface area contributed by atoms with Crippen LogP contribution in [0.1, 0.15) is 51.8 Å². The lowest BCUT2D eigenvalue weighted by Gasteiger charge is -2.26. The second-order valence-corrected chi connectivity index (χ2v) is 9.16. The van der Waals surface area contributed by atoms with E-state index in [1.807, 2.05) is 51.1 Å². The van der Waals surface area contributed by atoms with Gasteiger partial charge in [-0.25, -0.2) is 4.79 Å². The lowest BCUT2D eigenvalue weighted by atomic mass is 9.87. The minimum Gasteiger partial charge on any atom is -0.488 e. The maximum atomic E-state index is 11.3. The first-order valence-electron chi connectivity index (χ1n) is 9.04. The lowest BCUT2D eigenvalue weighted by Crippen LogP contribution is -2.25. The number of carbonyl (C=O) groups is 1. The van der Waals surface area contributed by atoms with Gasteiger partial charge in [0.15, 0.2) is 0 Å². The van der Waals surface area contributed by atoms with E-state index in [1.54, 1.807) is 0 Å². The second kappa shape index (κ2) is 6.75. The maximum absolute atomic E-state index is 11.3. The predicted molar refractivity (Wildman–Crippen MR) is 108 cm³/mol. The summed E-state index contributed by atoms with van der Waals surface area (Å²) in [5.74, 6) is 0.744. The van der Waals surface area contributed by atoms with Crippen molar-refractivity contribution < 1.29 is 14.3 Å². The number of hydrogen-bond acceptors (Lipinski definition) is 3. The number of ether oxygens (including phenoxy) is 2. The van der Waals surface area contributed by atoms with E-state index in [9.17, 15) is 4.79 Å². The molecule has 0 aromatic heterocycles. The zero-order chi connectivity index (χ0) is 20.0. The zero-order valence-corrected chi connectivity index (χ0v) is 17.2. The fourth-order valence-electron chi connectivity index (χ4n) is 3.67. The molecule has 0 saturated heterocycles. The van der Waals surface area contributed by atoms with Gasteiger partial charge < -0.3 is 15.2 Å². The van der Waals surface area contributed by atoms with Crippen LogP contribution in [0.15, 0.2) is 36.4 Å². The van der Waals surface area contributed by atoms with E-state index in [0.29, 0.717) is 5.02 Å². The van der Waals surface area contributed by atoms with Gasteiger partial charge in [-0.3, -0.25) is 0 Å². The predicted octanol–water partition coefficient (Wildman–Crippen LogP) is 5.90. The van der Waals surface area contributed by atoms with E-state index in [-0.39, 0.29) is 17.1 Å². The van der Waals surface area contributed by atoms with Crippen LogP contribution in [0, 0.1) is 5.41 Å². The number of amides is 1. The zero-order valence-electron chi connectivity index (χ0n) is 16.4. The fraction of sp³-hybridized carbons (Fsp3) is 0.409. The average molecular weight is 388 g/mol. The van der Waals surface area contributed by atoms with E-state index < -0.39 is 6.09 Å². The van der Waals surface area contributed by atoms with Crippen LogP contribution in [-0.2, 0) is 11.2 Å². The minimum absolute atomic E-state index is 0.204. The summed E-state index contributed by atoms with van der Waals surface area (Å²) >= 11 is 6.53. The molecule has 1 amide bonds. The molecule has 0 spiro atoms. The molecule has 0 bridgehead atoms. The summed E-state index contributed by atoms with van der Waals surface area (Å²) in [6.45, 7) is 10.2. The quantitative estimate of drug-likeness (QED) is 0.712. The lowest BCUT2D eigenvalue weighted by molar-refractivity contribution is 0.0392. The molecule has 0 fully saturated rings. The first-order valence-corrected chi connectivity index (χ1v) is 9.42. The SMILES string of the molecule is CC(C)(C)Oc1ccc(-c2ccc3c(c2)CC(C)(C)[C@H]3OC(N)=O)c(Cl)c1. The first kappa shape index (κ1) is 19.6. The molecule has 2 aromatic rings. The van der Waals surface area contributed by atoms with Crippen molar-refractivity contribution in [1.29, 1.82) is 0 Å². The van der Waals surface area contributed by atoms with Gasteiger partial charge in [0.25, 0.3) is 0 Å². The van der Waals surface area contributed by atoms with Gasteiger partial charge in [-0.05, 0) is 62.1 Å². The molecule has 2 aromatic carbocycles. The Morgan fingerprint density at radius 1 is 1.19 bits per heavy atom. The summed E-state index contributed by atoms with van der Waals surface area (Å²) in [5.41, 5.74) is 8.90. The average Bonchev–Trinajstić information content (AvgIpc) is 2.75. The van der Waals surface area contributed by atoms with Crippen LogP contribution in [0.2, 0.25) is 5.02 Å². The Hall–Kier alpha value is -2.20. The number of rotatable bonds is 3. The third kappa shape index (κ3) is 4.22. The van der Waals surface area contributed by atoms with Gasteiger partial charge in [-0.1, -0.05) is 43.6 Å².